The van der Waals surface area contributed by atoms with Crippen LogP contribution in [0.1, 0.15) is 12.0 Å². The Morgan fingerprint density at radius 3 is 3.17 bits per heavy atom. The van der Waals surface area contributed by atoms with Gasteiger partial charge in [0.2, 0.25) is 0 Å². The van der Waals surface area contributed by atoms with Crippen molar-refractivity contribution in [1.29, 1.82) is 0 Å². The average Bonchev–Trinajstić information content (AvgIpc) is 2.17. The summed E-state index contributed by atoms with van der Waals surface area (Å²) in [6.07, 6.45) is 2.30. The van der Waals surface area contributed by atoms with Crippen LogP contribution in [0.25, 0.3) is 0 Å². The summed E-state index contributed by atoms with van der Waals surface area (Å²) < 4.78 is 5.53. The molecule has 1 heterocycles. The number of benzene rings is 1. The summed E-state index contributed by atoms with van der Waals surface area (Å²) in [5.74, 6) is 1.06. The minimum Gasteiger partial charge on any atom is -0.493 e. The van der Waals surface area contributed by atoms with Gasteiger partial charge < -0.3 is 4.74 Å². The van der Waals surface area contributed by atoms with Crippen LogP contribution in [-0.2, 0) is 6.42 Å². The highest BCUT2D eigenvalue weighted by Crippen LogP contribution is 2.32. The summed E-state index contributed by atoms with van der Waals surface area (Å²) in [5, 5.41) is 0. The smallest absolute Gasteiger partial charge is 0.123 e. The molecule has 0 radical (unpaired) electrons. The van der Waals surface area contributed by atoms with E-state index in [1.165, 1.54) is 10.5 Å². The van der Waals surface area contributed by atoms with Crippen LogP contribution >= 0.6 is 25.0 Å². The molecule has 1 nitrogen and oxygen atoms in total. The van der Waals surface area contributed by atoms with E-state index in [1.807, 2.05) is 0 Å². The molecule has 64 valence electrons. The van der Waals surface area contributed by atoms with Gasteiger partial charge in [-0.15, -0.1) is 0 Å². The van der Waals surface area contributed by atoms with E-state index in [0.29, 0.717) is 0 Å². The highest BCUT2D eigenvalue weighted by Gasteiger charge is 2.09. The number of aryl methyl sites for hydroxylation is 1. The lowest BCUT2D eigenvalue weighted by molar-refractivity contribution is 0.287. The summed E-state index contributed by atoms with van der Waals surface area (Å²) in [7, 11) is 1.57. The number of rotatable bonds is 1. The van der Waals surface area contributed by atoms with Crippen LogP contribution in [0.2, 0.25) is 0 Å². The van der Waals surface area contributed by atoms with E-state index in [-0.39, 0.29) is 0 Å². The van der Waals surface area contributed by atoms with Crippen molar-refractivity contribution >= 4 is 25.0 Å². The third-order valence-corrected chi connectivity index (χ3v) is 3.53. The van der Waals surface area contributed by atoms with E-state index in [0.717, 1.165) is 25.2 Å². The Morgan fingerprint density at radius 2 is 2.33 bits per heavy atom. The van der Waals surface area contributed by atoms with Crippen molar-refractivity contribution in [2.75, 3.05) is 6.61 Å². The van der Waals surface area contributed by atoms with Gasteiger partial charge >= 0.3 is 0 Å². The Labute approximate surface area is 83.7 Å². The molecule has 0 atom stereocenters. The van der Waals surface area contributed by atoms with Crippen LogP contribution in [0.5, 0.6) is 5.75 Å². The predicted octanol–water partition coefficient (Wildman–Crippen LogP) is 3.41. The molecule has 0 fully saturated rings. The fraction of sp³-hybridized carbons (Fsp3) is 0.333. The first-order valence-electron chi connectivity index (χ1n) is 3.94. The normalized spacial score (nSPS) is 15.1. The average molecular weight is 245 g/mol. The van der Waals surface area contributed by atoms with E-state index >= 15 is 0 Å². The summed E-state index contributed by atoms with van der Waals surface area (Å²) in [6.45, 7) is 0.864. The monoisotopic (exact) mass is 244 g/mol. The van der Waals surface area contributed by atoms with Gasteiger partial charge in [-0.1, -0.05) is 6.07 Å². The molecule has 0 amide bonds. The SMILES string of the molecule is BrSc1ccc2c(c1)OCCC2. The summed E-state index contributed by atoms with van der Waals surface area (Å²) in [5.41, 5.74) is 1.34. The summed E-state index contributed by atoms with van der Waals surface area (Å²) in [4.78, 5) is 1.20. The van der Waals surface area contributed by atoms with Crippen LogP contribution in [0, 0.1) is 0 Å². The molecule has 0 spiro atoms. The second kappa shape index (κ2) is 3.71. The van der Waals surface area contributed by atoms with E-state index < -0.39 is 0 Å². The van der Waals surface area contributed by atoms with Crippen molar-refractivity contribution in [3.63, 3.8) is 0 Å². The fourth-order valence-electron chi connectivity index (χ4n) is 1.37. The number of hydrogen-bond acceptors (Lipinski definition) is 2. The largest absolute Gasteiger partial charge is 0.493 e. The predicted molar refractivity (Wildman–Crippen MR) is 55.0 cm³/mol. The van der Waals surface area contributed by atoms with Crippen LogP contribution in [0.3, 0.4) is 0 Å². The molecule has 12 heavy (non-hydrogen) atoms. The van der Waals surface area contributed by atoms with Crippen LogP contribution < -0.4 is 4.74 Å². The van der Waals surface area contributed by atoms with Gasteiger partial charge in [-0.05, 0) is 55.5 Å². The molecule has 0 bridgehead atoms. The molecule has 0 N–H and O–H groups in total. The Morgan fingerprint density at radius 1 is 1.42 bits per heavy atom. The van der Waals surface area contributed by atoms with Crippen molar-refractivity contribution in [1.82, 2.24) is 0 Å². The molecular weight excluding hydrogens is 236 g/mol. The van der Waals surface area contributed by atoms with Gasteiger partial charge in [0.25, 0.3) is 0 Å². The van der Waals surface area contributed by atoms with Gasteiger partial charge in [0.05, 0.1) is 6.61 Å². The molecular formula is C9H9BrOS. The fourth-order valence-corrected chi connectivity index (χ4v) is 2.24. The third-order valence-electron chi connectivity index (χ3n) is 1.98. The van der Waals surface area contributed by atoms with Crippen molar-refractivity contribution in [3.05, 3.63) is 23.8 Å². The van der Waals surface area contributed by atoms with E-state index in [9.17, 15) is 0 Å². The molecule has 1 aliphatic rings. The number of ether oxygens (including phenoxy) is 1. The molecule has 1 aromatic rings. The highest BCUT2D eigenvalue weighted by atomic mass is 79.9. The molecule has 0 saturated carbocycles. The zero-order valence-electron chi connectivity index (χ0n) is 6.55. The number of halogens is 1. The second-order valence-corrected chi connectivity index (χ2v) is 4.40. The molecule has 1 aliphatic heterocycles. The Bertz CT molecular complexity index is 288. The Kier molecular flexibility index (Phi) is 2.61. The minimum atomic E-state index is 0.864. The number of hydrogen-bond donors (Lipinski definition) is 0. The van der Waals surface area contributed by atoms with Crippen LogP contribution in [0.15, 0.2) is 23.1 Å². The highest BCUT2D eigenvalue weighted by molar-refractivity contribution is 9.50. The van der Waals surface area contributed by atoms with Crippen LogP contribution in [-0.4, -0.2) is 6.61 Å². The lowest BCUT2D eigenvalue weighted by atomic mass is 10.1. The zero-order valence-corrected chi connectivity index (χ0v) is 8.95. The minimum absolute atomic E-state index is 0.864. The van der Waals surface area contributed by atoms with Crippen molar-refractivity contribution in [2.45, 2.75) is 17.7 Å². The van der Waals surface area contributed by atoms with Gasteiger partial charge in [-0.3, -0.25) is 0 Å². The van der Waals surface area contributed by atoms with E-state index in [2.05, 4.69) is 33.0 Å². The van der Waals surface area contributed by atoms with Crippen molar-refractivity contribution < 1.29 is 4.74 Å². The van der Waals surface area contributed by atoms with E-state index in [1.54, 1.807) is 10.2 Å². The van der Waals surface area contributed by atoms with Crippen molar-refractivity contribution in [3.8, 4) is 5.75 Å². The third kappa shape index (κ3) is 1.62. The Balaban J connectivity index is 2.36. The standard InChI is InChI=1S/C9H9BrOS/c10-12-8-4-3-7-2-1-5-11-9(7)6-8/h3-4,6H,1-2,5H2. The molecule has 0 aliphatic carbocycles. The summed E-state index contributed by atoms with van der Waals surface area (Å²) >= 11 is 3.35. The maximum absolute atomic E-state index is 5.53. The van der Waals surface area contributed by atoms with Gasteiger partial charge in [0.1, 0.15) is 5.75 Å². The maximum atomic E-state index is 5.53. The molecule has 2 rings (SSSR count). The lowest BCUT2D eigenvalue weighted by Gasteiger charge is -2.17. The molecule has 1 aromatic carbocycles. The van der Waals surface area contributed by atoms with Gasteiger partial charge in [0, 0.05) is 4.90 Å². The van der Waals surface area contributed by atoms with Gasteiger partial charge in [-0.2, -0.15) is 0 Å². The molecule has 0 aromatic heterocycles. The number of fused-ring (bicyclic) bond motifs is 1. The topological polar surface area (TPSA) is 9.23 Å². The van der Waals surface area contributed by atoms with Crippen molar-refractivity contribution in [2.24, 2.45) is 0 Å². The summed E-state index contributed by atoms with van der Waals surface area (Å²) in [6, 6.07) is 6.36. The molecule has 0 saturated heterocycles. The maximum Gasteiger partial charge on any atom is 0.123 e. The van der Waals surface area contributed by atoms with Gasteiger partial charge in [0.15, 0.2) is 0 Å². The molecule has 0 unspecified atom stereocenters. The quantitative estimate of drug-likeness (QED) is 0.749. The lowest BCUT2D eigenvalue weighted by Crippen LogP contribution is -2.07. The second-order valence-electron chi connectivity index (χ2n) is 2.80. The zero-order chi connectivity index (χ0) is 8.39. The van der Waals surface area contributed by atoms with E-state index in [4.69, 9.17) is 4.74 Å². The first-order valence-corrected chi connectivity index (χ1v) is 6.60. The Hall–Kier alpha value is -0.150. The first kappa shape index (κ1) is 8.45. The van der Waals surface area contributed by atoms with Crippen LogP contribution in [0.4, 0.5) is 0 Å². The molecule has 3 heteroatoms. The van der Waals surface area contributed by atoms with Gasteiger partial charge in [-0.25, -0.2) is 0 Å². The first-order chi connectivity index (χ1) is 5.90.